The minimum atomic E-state index is -2.25. The van der Waals surface area contributed by atoms with Crippen LogP contribution in [-0.2, 0) is 26.5 Å². The summed E-state index contributed by atoms with van der Waals surface area (Å²) in [7, 11) is -0.583. The van der Waals surface area contributed by atoms with E-state index in [1.807, 2.05) is 59.5 Å². The lowest BCUT2D eigenvalue weighted by molar-refractivity contribution is -0.146. The summed E-state index contributed by atoms with van der Waals surface area (Å²) in [5, 5.41) is 14.5. The Morgan fingerprint density at radius 2 is 1.89 bits per heavy atom. The molecule has 0 aliphatic carbocycles. The molecule has 232 valence electrons. The minimum Gasteiger partial charge on any atom is -0.497 e. The van der Waals surface area contributed by atoms with Crippen molar-refractivity contribution in [1.29, 1.82) is 0 Å². The van der Waals surface area contributed by atoms with Crippen LogP contribution in [0.3, 0.4) is 0 Å². The number of halogens is 1. The Balaban J connectivity index is 1.39. The number of amides is 2. The van der Waals surface area contributed by atoms with E-state index in [0.29, 0.717) is 26.1 Å². The monoisotopic (exact) mass is 677 g/mol. The number of nitrogens with zero attached hydrogens (tertiary/aromatic N) is 2. The van der Waals surface area contributed by atoms with E-state index in [0.717, 1.165) is 39.3 Å². The van der Waals surface area contributed by atoms with Crippen LogP contribution in [-0.4, -0.2) is 64.4 Å². The largest absolute Gasteiger partial charge is 0.497 e. The van der Waals surface area contributed by atoms with Crippen LogP contribution in [0, 0.1) is 5.92 Å². The summed E-state index contributed by atoms with van der Waals surface area (Å²) in [6.07, 6.45) is 0.178. The molecule has 3 aliphatic heterocycles. The van der Waals surface area contributed by atoms with Gasteiger partial charge in [0.1, 0.15) is 5.75 Å². The van der Waals surface area contributed by atoms with E-state index >= 15 is 0 Å². The minimum absolute atomic E-state index is 0.0160. The molecule has 3 aromatic carbocycles. The van der Waals surface area contributed by atoms with Gasteiger partial charge in [0.05, 0.1) is 40.1 Å². The lowest BCUT2D eigenvalue weighted by Crippen LogP contribution is -2.51. The maximum atomic E-state index is 14.8. The summed E-state index contributed by atoms with van der Waals surface area (Å²) >= 11 is 3.66. The number of methoxy groups -OCH3 is 1. The molecule has 44 heavy (non-hydrogen) atoms. The van der Waals surface area contributed by atoms with Crippen LogP contribution in [0.1, 0.15) is 24.5 Å². The molecule has 2 saturated heterocycles. The first kappa shape index (κ1) is 31.0. The molecule has 0 aromatic heterocycles. The Bertz CT molecular complexity index is 1570. The summed E-state index contributed by atoms with van der Waals surface area (Å²) < 4.78 is 13.3. The molecule has 0 radical (unpaired) electrons. The zero-order valence-electron chi connectivity index (χ0n) is 25.7. The molecular formula is C34H40BrN3O5Si. The molecule has 10 heteroatoms. The van der Waals surface area contributed by atoms with Crippen LogP contribution in [0.2, 0.25) is 18.6 Å². The van der Waals surface area contributed by atoms with Crippen molar-refractivity contribution in [2.24, 2.45) is 5.92 Å². The van der Waals surface area contributed by atoms with E-state index < -0.39 is 13.7 Å². The average Bonchev–Trinajstić information content (AvgIpc) is 3.44. The summed E-state index contributed by atoms with van der Waals surface area (Å²) in [5.74, 6) is 0.630. The molecule has 6 rings (SSSR count). The number of carbonyl (C=O) groups is 2. The summed E-state index contributed by atoms with van der Waals surface area (Å²) in [6, 6.07) is 22.2. The molecule has 3 heterocycles. The number of piperazine rings is 1. The maximum Gasteiger partial charge on any atom is 0.264 e. The first-order valence-electron chi connectivity index (χ1n) is 15.3. The van der Waals surface area contributed by atoms with Crippen molar-refractivity contribution < 1.29 is 24.2 Å². The van der Waals surface area contributed by atoms with Crippen molar-refractivity contribution in [2.45, 2.75) is 50.2 Å². The smallest absolute Gasteiger partial charge is 0.264 e. The third-order valence-electron chi connectivity index (χ3n) is 9.86. The van der Waals surface area contributed by atoms with Gasteiger partial charge in [-0.2, -0.15) is 0 Å². The fraction of sp³-hybridized carbons (Fsp3) is 0.412. The van der Waals surface area contributed by atoms with E-state index in [4.69, 9.17) is 9.47 Å². The zero-order valence-corrected chi connectivity index (χ0v) is 28.3. The Morgan fingerprint density at radius 1 is 1.11 bits per heavy atom. The molecule has 2 N–H and O–H groups in total. The normalized spacial score (nSPS) is 25.2. The number of ether oxygens (including phenoxy) is 2. The van der Waals surface area contributed by atoms with Crippen molar-refractivity contribution in [2.75, 3.05) is 43.2 Å². The van der Waals surface area contributed by atoms with Crippen molar-refractivity contribution in [1.82, 2.24) is 5.32 Å². The molecular weight excluding hydrogens is 638 g/mol. The average molecular weight is 679 g/mol. The van der Waals surface area contributed by atoms with Gasteiger partial charge in [0.2, 0.25) is 5.91 Å². The molecule has 4 atom stereocenters. The standard InChI is InChI=1S/C34H40BrN3O5Si/c1-22-32(44(3,4)27-11-9-26(42-2)10-12-27)30(14-17-39)43-34(22)28-19-24(35)8-13-29(28)38(33(34)41)21-23-6-5-7-25(18-23)37-16-15-36-20-31(37)40/h5-13,18-19,22,30,32,36,39H,14-17,20-21H2,1-4H3/t22-,30+,32-,34+/m1/s1. The van der Waals surface area contributed by atoms with Gasteiger partial charge in [0.25, 0.3) is 5.91 Å². The fourth-order valence-corrected chi connectivity index (χ4v) is 12.1. The third-order valence-corrected chi connectivity index (χ3v) is 14.7. The first-order chi connectivity index (χ1) is 21.1. The number of fused-ring (bicyclic) bond motifs is 2. The van der Waals surface area contributed by atoms with Gasteiger partial charge in [-0.1, -0.05) is 65.4 Å². The van der Waals surface area contributed by atoms with Crippen LogP contribution < -0.4 is 25.0 Å². The van der Waals surface area contributed by atoms with Crippen molar-refractivity contribution in [3.63, 3.8) is 0 Å². The number of aliphatic hydroxyl groups is 1. The molecule has 3 aliphatic rings. The Kier molecular flexibility index (Phi) is 8.49. The van der Waals surface area contributed by atoms with Crippen LogP contribution in [0.4, 0.5) is 11.4 Å². The van der Waals surface area contributed by atoms with Crippen LogP contribution in [0.25, 0.3) is 0 Å². The molecule has 2 fully saturated rings. The second kappa shape index (κ2) is 12.1. The van der Waals surface area contributed by atoms with Crippen molar-refractivity contribution in [3.05, 3.63) is 82.3 Å². The number of anilines is 2. The van der Waals surface area contributed by atoms with Crippen LogP contribution in [0.5, 0.6) is 5.75 Å². The molecule has 8 nitrogen and oxygen atoms in total. The van der Waals surface area contributed by atoms with Crippen molar-refractivity contribution in [3.8, 4) is 5.75 Å². The van der Waals surface area contributed by atoms with Gasteiger partial charge >= 0.3 is 0 Å². The van der Waals surface area contributed by atoms with Crippen LogP contribution >= 0.6 is 15.9 Å². The highest BCUT2D eigenvalue weighted by Gasteiger charge is 2.66. The number of aliphatic hydroxyl groups excluding tert-OH is 1. The first-order valence-corrected chi connectivity index (χ1v) is 19.1. The highest BCUT2D eigenvalue weighted by atomic mass is 79.9. The topological polar surface area (TPSA) is 91.3 Å². The number of hydrogen-bond donors (Lipinski definition) is 2. The highest BCUT2D eigenvalue weighted by Crippen LogP contribution is 2.60. The van der Waals surface area contributed by atoms with Gasteiger partial charge < -0.3 is 29.7 Å². The third kappa shape index (κ3) is 5.10. The predicted molar refractivity (Wildman–Crippen MR) is 178 cm³/mol. The molecule has 0 bridgehead atoms. The van der Waals surface area contributed by atoms with Crippen molar-refractivity contribution >= 4 is 52.4 Å². The molecule has 0 unspecified atom stereocenters. The predicted octanol–water partition coefficient (Wildman–Crippen LogP) is 4.54. The Labute approximate surface area is 268 Å². The number of carbonyl (C=O) groups excluding carboxylic acids is 2. The van der Waals surface area contributed by atoms with E-state index in [1.165, 1.54) is 5.19 Å². The number of rotatable bonds is 8. The molecule has 2 amide bonds. The zero-order chi connectivity index (χ0) is 31.2. The Hall–Kier alpha value is -3.02. The maximum absolute atomic E-state index is 14.8. The van der Waals surface area contributed by atoms with Crippen LogP contribution in [0.15, 0.2) is 71.2 Å². The number of hydrogen-bond acceptors (Lipinski definition) is 6. The van der Waals surface area contributed by atoms with Gasteiger partial charge in [-0.05, 0) is 60.0 Å². The fourth-order valence-electron chi connectivity index (χ4n) is 7.72. The Morgan fingerprint density at radius 3 is 2.59 bits per heavy atom. The van der Waals surface area contributed by atoms with E-state index in [2.05, 4.69) is 53.4 Å². The van der Waals surface area contributed by atoms with Gasteiger partial charge in [0.15, 0.2) is 5.60 Å². The van der Waals surface area contributed by atoms with E-state index in [1.54, 1.807) is 12.0 Å². The number of benzene rings is 3. The molecule has 1 spiro atoms. The van der Waals surface area contributed by atoms with Gasteiger partial charge in [-0.3, -0.25) is 9.59 Å². The summed E-state index contributed by atoms with van der Waals surface area (Å²) in [6.45, 7) is 8.84. The quantitative estimate of drug-likeness (QED) is 0.341. The molecule has 0 saturated carbocycles. The second-order valence-electron chi connectivity index (χ2n) is 12.6. The highest BCUT2D eigenvalue weighted by molar-refractivity contribution is 9.10. The van der Waals surface area contributed by atoms with E-state index in [9.17, 15) is 14.7 Å². The van der Waals surface area contributed by atoms with Gasteiger partial charge in [-0.25, -0.2) is 0 Å². The lowest BCUT2D eigenvalue weighted by Gasteiger charge is -2.37. The molecule has 3 aromatic rings. The lowest BCUT2D eigenvalue weighted by atomic mass is 9.82. The second-order valence-corrected chi connectivity index (χ2v) is 18.2. The number of nitrogens with one attached hydrogen (secondary N) is 1. The summed E-state index contributed by atoms with van der Waals surface area (Å²) in [5.41, 5.74) is 2.37. The van der Waals surface area contributed by atoms with E-state index in [-0.39, 0.29) is 36.0 Å². The van der Waals surface area contributed by atoms with Gasteiger partial charge in [0, 0.05) is 41.3 Å². The SMILES string of the molecule is COc1ccc([Si](C)(C)[C@H]2[C@H](CCO)O[C@@]3(C(=O)N(Cc4cccc(N5CCNCC5=O)c4)c4ccc(Br)cc43)[C@@H]2C)cc1. The summed E-state index contributed by atoms with van der Waals surface area (Å²) in [4.78, 5) is 31.1. The van der Waals surface area contributed by atoms with Gasteiger partial charge in [-0.15, -0.1) is 0 Å².